The highest BCUT2D eigenvalue weighted by atomic mass is 15.1. The molecule has 2 fully saturated rings. The first kappa shape index (κ1) is 14.1. The largest absolute Gasteiger partial charge is 0.317 e. The topological polar surface area (TPSA) is 27.3 Å². The van der Waals surface area contributed by atoms with Gasteiger partial charge in [-0.3, -0.25) is 4.90 Å². The van der Waals surface area contributed by atoms with Crippen molar-refractivity contribution in [1.82, 2.24) is 15.5 Å². The van der Waals surface area contributed by atoms with Gasteiger partial charge in [-0.05, 0) is 57.4 Å². The molecule has 3 rings (SSSR count). The van der Waals surface area contributed by atoms with E-state index in [1.54, 1.807) is 0 Å². The number of rotatable bonds is 4. The van der Waals surface area contributed by atoms with Gasteiger partial charge in [0.15, 0.2) is 0 Å². The molecule has 2 heterocycles. The van der Waals surface area contributed by atoms with Gasteiger partial charge in [0.1, 0.15) is 0 Å². The van der Waals surface area contributed by atoms with E-state index in [0.29, 0.717) is 0 Å². The zero-order chi connectivity index (χ0) is 13.6. The zero-order valence-corrected chi connectivity index (χ0v) is 12.4. The van der Waals surface area contributed by atoms with Crippen LogP contribution in [0.4, 0.5) is 0 Å². The molecular formula is C17H27N3. The van der Waals surface area contributed by atoms with E-state index in [1.165, 1.54) is 57.4 Å². The first-order valence-electron chi connectivity index (χ1n) is 8.13. The number of hydrogen-bond donors (Lipinski definition) is 2. The Morgan fingerprint density at radius 3 is 2.30 bits per heavy atom. The average Bonchev–Trinajstić information content (AvgIpc) is 2.51. The molecule has 0 atom stereocenters. The Labute approximate surface area is 122 Å². The molecule has 2 aliphatic rings. The second kappa shape index (κ2) is 7.21. The number of piperidine rings is 2. The molecule has 0 spiro atoms. The smallest absolute Gasteiger partial charge is 0.0233 e. The Kier molecular flexibility index (Phi) is 5.06. The highest BCUT2D eigenvalue weighted by Gasteiger charge is 2.22. The van der Waals surface area contributed by atoms with Gasteiger partial charge in [0.25, 0.3) is 0 Å². The minimum absolute atomic E-state index is 0.741. The molecular weight excluding hydrogens is 246 g/mol. The molecule has 1 aromatic carbocycles. The lowest BCUT2D eigenvalue weighted by atomic mass is 10.00. The molecule has 0 bridgehead atoms. The van der Waals surface area contributed by atoms with Crippen molar-refractivity contribution < 1.29 is 0 Å². The third-order valence-electron chi connectivity index (χ3n) is 4.65. The van der Waals surface area contributed by atoms with Crippen molar-refractivity contribution in [3.05, 3.63) is 35.9 Å². The Bertz CT molecular complexity index is 378. The van der Waals surface area contributed by atoms with Crippen molar-refractivity contribution in [3.8, 4) is 0 Å². The summed E-state index contributed by atoms with van der Waals surface area (Å²) in [7, 11) is 0. The van der Waals surface area contributed by atoms with E-state index in [9.17, 15) is 0 Å². The van der Waals surface area contributed by atoms with E-state index in [1.807, 2.05) is 0 Å². The van der Waals surface area contributed by atoms with Crippen LogP contribution in [-0.2, 0) is 6.54 Å². The van der Waals surface area contributed by atoms with E-state index < -0.39 is 0 Å². The summed E-state index contributed by atoms with van der Waals surface area (Å²) in [6.45, 7) is 5.95. The number of hydrogen-bond acceptors (Lipinski definition) is 3. The summed E-state index contributed by atoms with van der Waals surface area (Å²) in [6, 6.07) is 12.3. The summed E-state index contributed by atoms with van der Waals surface area (Å²) in [4.78, 5) is 2.59. The highest BCUT2D eigenvalue weighted by Crippen LogP contribution is 2.15. The fraction of sp³-hybridized carbons (Fsp3) is 0.647. The van der Waals surface area contributed by atoms with Gasteiger partial charge in [-0.15, -0.1) is 0 Å². The maximum Gasteiger partial charge on any atom is 0.0233 e. The van der Waals surface area contributed by atoms with Crippen molar-refractivity contribution in [3.63, 3.8) is 0 Å². The predicted molar refractivity (Wildman–Crippen MR) is 83.8 cm³/mol. The van der Waals surface area contributed by atoms with Gasteiger partial charge in [0, 0.05) is 18.6 Å². The summed E-state index contributed by atoms with van der Waals surface area (Å²) >= 11 is 0. The van der Waals surface area contributed by atoms with Crippen molar-refractivity contribution in [2.24, 2.45) is 0 Å². The van der Waals surface area contributed by atoms with Crippen LogP contribution in [-0.4, -0.2) is 43.2 Å². The van der Waals surface area contributed by atoms with Gasteiger partial charge in [-0.2, -0.15) is 0 Å². The summed E-state index contributed by atoms with van der Waals surface area (Å²) < 4.78 is 0. The van der Waals surface area contributed by atoms with Gasteiger partial charge in [-0.1, -0.05) is 30.3 Å². The summed E-state index contributed by atoms with van der Waals surface area (Å²) in [5, 5.41) is 7.31. The molecule has 3 nitrogen and oxygen atoms in total. The van der Waals surface area contributed by atoms with Gasteiger partial charge in [0.05, 0.1) is 0 Å². The maximum atomic E-state index is 3.88. The van der Waals surface area contributed by atoms with Gasteiger partial charge >= 0.3 is 0 Å². The lowest BCUT2D eigenvalue weighted by molar-refractivity contribution is 0.179. The lowest BCUT2D eigenvalue weighted by Gasteiger charge is -2.35. The Hall–Kier alpha value is -0.900. The monoisotopic (exact) mass is 273 g/mol. The Morgan fingerprint density at radius 2 is 1.60 bits per heavy atom. The second-order valence-corrected chi connectivity index (χ2v) is 6.23. The molecule has 0 unspecified atom stereocenters. The third-order valence-corrected chi connectivity index (χ3v) is 4.65. The van der Waals surface area contributed by atoms with Crippen LogP contribution in [0, 0.1) is 0 Å². The van der Waals surface area contributed by atoms with E-state index in [0.717, 1.165) is 18.6 Å². The van der Waals surface area contributed by atoms with Gasteiger partial charge in [0.2, 0.25) is 0 Å². The van der Waals surface area contributed by atoms with Crippen molar-refractivity contribution >= 4 is 0 Å². The van der Waals surface area contributed by atoms with Crippen LogP contribution in [0.5, 0.6) is 0 Å². The average molecular weight is 273 g/mol. The quantitative estimate of drug-likeness (QED) is 0.878. The standard InChI is InChI=1S/C17H27N3/c1-2-4-15(5-3-1)14-20-12-8-17(9-13-20)19-16-6-10-18-11-7-16/h1-5,16-19H,6-14H2. The zero-order valence-electron chi connectivity index (χ0n) is 12.4. The van der Waals surface area contributed by atoms with Gasteiger partial charge < -0.3 is 10.6 Å². The predicted octanol–water partition coefficient (Wildman–Crippen LogP) is 1.99. The number of benzene rings is 1. The van der Waals surface area contributed by atoms with Crippen LogP contribution in [0.2, 0.25) is 0 Å². The van der Waals surface area contributed by atoms with Crippen molar-refractivity contribution in [2.75, 3.05) is 26.2 Å². The van der Waals surface area contributed by atoms with E-state index in [4.69, 9.17) is 0 Å². The minimum atomic E-state index is 0.741. The molecule has 2 aliphatic heterocycles. The number of likely N-dealkylation sites (tertiary alicyclic amines) is 1. The number of nitrogens with one attached hydrogen (secondary N) is 2. The molecule has 0 saturated carbocycles. The summed E-state index contributed by atoms with van der Waals surface area (Å²) in [5.41, 5.74) is 1.44. The first-order chi connectivity index (χ1) is 9.90. The van der Waals surface area contributed by atoms with Crippen LogP contribution in [0.25, 0.3) is 0 Å². The fourth-order valence-corrected chi connectivity index (χ4v) is 3.42. The van der Waals surface area contributed by atoms with Crippen LogP contribution in [0.1, 0.15) is 31.2 Å². The molecule has 1 aromatic rings. The summed E-state index contributed by atoms with van der Waals surface area (Å²) in [6.07, 6.45) is 5.20. The fourth-order valence-electron chi connectivity index (χ4n) is 3.42. The Balaban J connectivity index is 1.40. The Morgan fingerprint density at radius 1 is 0.950 bits per heavy atom. The van der Waals surface area contributed by atoms with Crippen LogP contribution in [0.15, 0.2) is 30.3 Å². The molecule has 0 radical (unpaired) electrons. The maximum absolute atomic E-state index is 3.88. The SMILES string of the molecule is c1ccc(CN2CCC(NC3CCNCC3)CC2)cc1. The van der Waals surface area contributed by atoms with E-state index >= 15 is 0 Å². The molecule has 0 aliphatic carbocycles. The van der Waals surface area contributed by atoms with E-state index in [2.05, 4.69) is 45.9 Å². The van der Waals surface area contributed by atoms with Crippen LogP contribution >= 0.6 is 0 Å². The van der Waals surface area contributed by atoms with Crippen LogP contribution < -0.4 is 10.6 Å². The molecule has 2 N–H and O–H groups in total. The summed E-state index contributed by atoms with van der Waals surface area (Å²) in [5.74, 6) is 0. The molecule has 3 heteroatoms. The first-order valence-corrected chi connectivity index (χ1v) is 8.13. The van der Waals surface area contributed by atoms with E-state index in [-0.39, 0.29) is 0 Å². The van der Waals surface area contributed by atoms with Crippen molar-refractivity contribution in [1.29, 1.82) is 0 Å². The normalized spacial score (nSPS) is 23.0. The molecule has 20 heavy (non-hydrogen) atoms. The minimum Gasteiger partial charge on any atom is -0.317 e. The molecule has 0 amide bonds. The second-order valence-electron chi connectivity index (χ2n) is 6.23. The van der Waals surface area contributed by atoms with Gasteiger partial charge in [-0.25, -0.2) is 0 Å². The third kappa shape index (κ3) is 4.05. The number of nitrogens with zero attached hydrogens (tertiary/aromatic N) is 1. The lowest BCUT2D eigenvalue weighted by Crippen LogP contribution is -2.48. The van der Waals surface area contributed by atoms with Crippen LogP contribution in [0.3, 0.4) is 0 Å². The molecule has 0 aromatic heterocycles. The molecule has 110 valence electrons. The molecule has 2 saturated heterocycles. The highest BCUT2D eigenvalue weighted by molar-refractivity contribution is 5.14. The van der Waals surface area contributed by atoms with Crippen molar-refractivity contribution in [2.45, 2.75) is 44.3 Å².